The molecule has 0 spiro atoms. The molecule has 3 aromatic carbocycles. The fraction of sp³-hybridized carbons (Fsp3) is 0.296. The van der Waals surface area contributed by atoms with Gasteiger partial charge in [0.1, 0.15) is 4.90 Å². The van der Waals surface area contributed by atoms with Crippen molar-refractivity contribution in [3.63, 3.8) is 0 Å². The van der Waals surface area contributed by atoms with Crippen LogP contribution in [0.3, 0.4) is 0 Å². The fourth-order valence-electron chi connectivity index (χ4n) is 4.18. The van der Waals surface area contributed by atoms with E-state index in [0.717, 1.165) is 23.8 Å². The second-order valence-electron chi connectivity index (χ2n) is 9.29. The molecule has 1 fully saturated rings. The lowest BCUT2D eigenvalue weighted by atomic mass is 10.1. The first-order chi connectivity index (χ1) is 18.4. The van der Waals surface area contributed by atoms with Crippen LogP contribution in [0.2, 0.25) is 5.02 Å². The van der Waals surface area contributed by atoms with E-state index in [4.69, 9.17) is 11.6 Å². The van der Waals surface area contributed by atoms with E-state index in [0.29, 0.717) is 44.2 Å². The second-order valence-corrected chi connectivity index (χ2v) is 11.4. The third-order valence-corrected chi connectivity index (χ3v) is 8.07. The van der Waals surface area contributed by atoms with Gasteiger partial charge in [0.05, 0.1) is 11.3 Å². The van der Waals surface area contributed by atoms with Crippen LogP contribution in [0, 0.1) is 0 Å². The monoisotopic (exact) mass is 580 g/mol. The van der Waals surface area contributed by atoms with Crippen LogP contribution >= 0.6 is 11.6 Å². The van der Waals surface area contributed by atoms with Crippen LogP contribution in [0.4, 0.5) is 24.5 Å². The number of piperazine rings is 1. The highest BCUT2D eigenvalue weighted by molar-refractivity contribution is 7.92. The van der Waals surface area contributed by atoms with E-state index in [-0.39, 0.29) is 27.7 Å². The van der Waals surface area contributed by atoms with Crippen LogP contribution in [-0.2, 0) is 22.6 Å². The van der Waals surface area contributed by atoms with E-state index in [1.165, 1.54) is 18.2 Å². The second kappa shape index (κ2) is 11.8. The number of nitrogens with one attached hydrogen (secondary N) is 2. The zero-order chi connectivity index (χ0) is 28.2. The average molecular weight is 581 g/mol. The topological polar surface area (TPSA) is 81.8 Å². The van der Waals surface area contributed by atoms with Crippen molar-refractivity contribution < 1.29 is 26.4 Å². The summed E-state index contributed by atoms with van der Waals surface area (Å²) in [6.07, 6.45) is -4.08. The van der Waals surface area contributed by atoms with Gasteiger partial charge < -0.3 is 15.1 Å². The molecule has 7 nitrogen and oxygen atoms in total. The standard InChI is InChI=1S/C27H28ClF3N4O3S/c1-34-13-15-35(16-14-34)26(36)20-7-10-24(32-12-11-19-5-8-22(28)9-6-19)25(17-20)39(37,38)33-23-4-2-3-21(18-23)27(29,30)31/h2-10,17-18,32-33H,11-16H2,1H3. The Morgan fingerprint density at radius 1 is 0.974 bits per heavy atom. The normalized spacial score (nSPS) is 14.7. The molecule has 0 saturated carbocycles. The van der Waals surface area contributed by atoms with Crippen molar-refractivity contribution >= 4 is 38.9 Å². The number of halogens is 4. The summed E-state index contributed by atoms with van der Waals surface area (Å²) >= 11 is 5.93. The molecule has 0 aromatic heterocycles. The number of nitrogens with zero attached hydrogens (tertiary/aromatic N) is 2. The molecular formula is C27H28ClF3N4O3S. The molecule has 208 valence electrons. The molecule has 1 aliphatic heterocycles. The number of amides is 1. The van der Waals surface area contributed by atoms with Gasteiger partial charge in [0.25, 0.3) is 15.9 Å². The Bertz CT molecular complexity index is 1420. The highest BCUT2D eigenvalue weighted by Crippen LogP contribution is 2.32. The van der Waals surface area contributed by atoms with Gasteiger partial charge in [-0.3, -0.25) is 9.52 Å². The van der Waals surface area contributed by atoms with E-state index in [9.17, 15) is 26.4 Å². The lowest BCUT2D eigenvalue weighted by molar-refractivity contribution is -0.137. The number of carbonyl (C=O) groups is 1. The van der Waals surface area contributed by atoms with Gasteiger partial charge in [-0.1, -0.05) is 29.8 Å². The largest absolute Gasteiger partial charge is 0.416 e. The summed E-state index contributed by atoms with van der Waals surface area (Å²) in [6.45, 7) is 2.75. The predicted octanol–water partition coefficient (Wildman–Crippen LogP) is 5.20. The summed E-state index contributed by atoms with van der Waals surface area (Å²) in [5.41, 5.74) is 0.140. The first-order valence-corrected chi connectivity index (χ1v) is 14.1. The maximum atomic E-state index is 13.5. The average Bonchev–Trinajstić information content (AvgIpc) is 2.89. The van der Waals surface area contributed by atoms with E-state index < -0.39 is 21.8 Å². The minimum Gasteiger partial charge on any atom is -0.384 e. The van der Waals surface area contributed by atoms with Crippen LogP contribution in [0.1, 0.15) is 21.5 Å². The molecule has 0 bridgehead atoms. The molecular weight excluding hydrogens is 553 g/mol. The van der Waals surface area contributed by atoms with Crippen molar-refractivity contribution in [2.24, 2.45) is 0 Å². The number of alkyl halides is 3. The highest BCUT2D eigenvalue weighted by Gasteiger charge is 2.31. The van der Waals surface area contributed by atoms with Crippen molar-refractivity contribution in [1.82, 2.24) is 9.80 Å². The Hall–Kier alpha value is -3.28. The van der Waals surface area contributed by atoms with E-state index in [1.807, 2.05) is 19.2 Å². The molecule has 3 aromatic rings. The Labute approximate surface area is 230 Å². The fourth-order valence-corrected chi connectivity index (χ4v) is 5.56. The van der Waals surface area contributed by atoms with Gasteiger partial charge in [-0.05, 0) is 67.6 Å². The number of likely N-dealkylation sites (N-methyl/N-ethyl adjacent to an activating group) is 1. The quantitative estimate of drug-likeness (QED) is 0.383. The number of hydrogen-bond donors (Lipinski definition) is 2. The number of benzene rings is 3. The summed E-state index contributed by atoms with van der Waals surface area (Å²) in [6, 6.07) is 15.5. The zero-order valence-electron chi connectivity index (χ0n) is 21.1. The number of hydrogen-bond acceptors (Lipinski definition) is 5. The van der Waals surface area contributed by atoms with Crippen molar-refractivity contribution in [1.29, 1.82) is 0 Å². The van der Waals surface area contributed by atoms with Gasteiger partial charge >= 0.3 is 6.18 Å². The molecule has 1 saturated heterocycles. The molecule has 12 heteroatoms. The van der Waals surface area contributed by atoms with Crippen LogP contribution < -0.4 is 10.0 Å². The summed E-state index contributed by atoms with van der Waals surface area (Å²) < 4.78 is 68.8. The lowest BCUT2D eigenvalue weighted by Crippen LogP contribution is -2.47. The molecule has 1 aliphatic rings. The Balaban J connectivity index is 1.62. The number of rotatable bonds is 8. The van der Waals surface area contributed by atoms with Crippen LogP contribution in [-0.4, -0.2) is 63.9 Å². The minimum absolute atomic E-state index is 0.173. The van der Waals surface area contributed by atoms with E-state index >= 15 is 0 Å². The SMILES string of the molecule is CN1CCN(C(=O)c2ccc(NCCc3ccc(Cl)cc3)c(S(=O)(=O)Nc3cccc(C(F)(F)F)c3)c2)CC1. The maximum absolute atomic E-state index is 13.5. The number of sulfonamides is 1. The summed E-state index contributed by atoms with van der Waals surface area (Å²) in [7, 11) is -2.42. The third-order valence-electron chi connectivity index (χ3n) is 6.39. The molecule has 2 N–H and O–H groups in total. The smallest absolute Gasteiger partial charge is 0.384 e. The van der Waals surface area contributed by atoms with Crippen LogP contribution in [0.15, 0.2) is 71.6 Å². The van der Waals surface area contributed by atoms with Crippen LogP contribution in [0.25, 0.3) is 0 Å². The van der Waals surface area contributed by atoms with E-state index in [1.54, 1.807) is 23.1 Å². The Morgan fingerprint density at radius 3 is 2.33 bits per heavy atom. The molecule has 0 atom stereocenters. The third kappa shape index (κ3) is 7.43. The van der Waals surface area contributed by atoms with Crippen molar-refractivity contribution in [2.75, 3.05) is 49.8 Å². The first kappa shape index (κ1) is 28.7. The number of anilines is 2. The number of carbonyl (C=O) groups excluding carboxylic acids is 1. The van der Waals surface area contributed by atoms with Gasteiger partial charge in [-0.15, -0.1) is 0 Å². The van der Waals surface area contributed by atoms with Gasteiger partial charge in [-0.2, -0.15) is 13.2 Å². The first-order valence-electron chi connectivity index (χ1n) is 12.2. The van der Waals surface area contributed by atoms with Crippen molar-refractivity contribution in [2.45, 2.75) is 17.5 Å². The highest BCUT2D eigenvalue weighted by atomic mass is 35.5. The van der Waals surface area contributed by atoms with E-state index in [2.05, 4.69) is 14.9 Å². The van der Waals surface area contributed by atoms with Crippen molar-refractivity contribution in [3.05, 3.63) is 88.4 Å². The maximum Gasteiger partial charge on any atom is 0.416 e. The van der Waals surface area contributed by atoms with Crippen LogP contribution in [0.5, 0.6) is 0 Å². The lowest BCUT2D eigenvalue weighted by Gasteiger charge is -2.32. The molecule has 39 heavy (non-hydrogen) atoms. The zero-order valence-corrected chi connectivity index (χ0v) is 22.7. The molecule has 4 rings (SSSR count). The summed E-state index contributed by atoms with van der Waals surface area (Å²) in [4.78, 5) is 16.7. The summed E-state index contributed by atoms with van der Waals surface area (Å²) in [5, 5.41) is 3.69. The van der Waals surface area contributed by atoms with Gasteiger partial charge in [0.15, 0.2) is 0 Å². The Morgan fingerprint density at radius 2 is 1.67 bits per heavy atom. The van der Waals surface area contributed by atoms with Gasteiger partial charge in [-0.25, -0.2) is 8.42 Å². The predicted molar refractivity (Wildman–Crippen MR) is 146 cm³/mol. The summed E-state index contributed by atoms with van der Waals surface area (Å²) in [5.74, 6) is -0.314. The molecule has 1 heterocycles. The molecule has 0 unspecified atom stereocenters. The minimum atomic E-state index is -4.63. The van der Waals surface area contributed by atoms with Gasteiger partial charge in [0.2, 0.25) is 0 Å². The molecule has 1 amide bonds. The van der Waals surface area contributed by atoms with Gasteiger partial charge in [0, 0.05) is 49.0 Å². The Kier molecular flexibility index (Phi) is 8.73. The molecule has 0 aliphatic carbocycles. The molecule has 0 radical (unpaired) electrons. The van der Waals surface area contributed by atoms with Crippen molar-refractivity contribution in [3.8, 4) is 0 Å².